The third-order valence-electron chi connectivity index (χ3n) is 4.23. The number of nitrogens with one attached hydrogen (secondary N) is 1. The first kappa shape index (κ1) is 19.1. The number of aromatic nitrogens is 5. The summed E-state index contributed by atoms with van der Waals surface area (Å²) < 4.78 is 15.2. The first-order chi connectivity index (χ1) is 13.1. The summed E-state index contributed by atoms with van der Waals surface area (Å²) in [5.41, 5.74) is 4.00. The minimum absolute atomic E-state index is 0.0183. The lowest BCUT2D eigenvalue weighted by molar-refractivity contribution is 0.181. The molecule has 3 rings (SSSR count). The van der Waals surface area contributed by atoms with Crippen LogP contribution in [0.5, 0.6) is 5.88 Å². The summed E-state index contributed by atoms with van der Waals surface area (Å²) >= 11 is 0. The molecule has 8 nitrogen and oxygen atoms in total. The maximum absolute atomic E-state index is 6.21. The van der Waals surface area contributed by atoms with Crippen molar-refractivity contribution in [1.29, 1.82) is 0 Å². The Morgan fingerprint density at radius 3 is 2.85 bits per heavy atom. The third kappa shape index (κ3) is 3.86. The summed E-state index contributed by atoms with van der Waals surface area (Å²) in [4.78, 5) is 8.93. The second-order valence-corrected chi connectivity index (χ2v) is 6.31. The van der Waals surface area contributed by atoms with E-state index in [4.69, 9.17) is 9.47 Å². The average Bonchev–Trinajstić information content (AvgIpc) is 3.20. The maximum Gasteiger partial charge on any atom is 0.221 e. The summed E-state index contributed by atoms with van der Waals surface area (Å²) in [7, 11) is 3.51. The van der Waals surface area contributed by atoms with E-state index in [1.54, 1.807) is 30.3 Å². The highest BCUT2D eigenvalue weighted by atomic mass is 16.5. The molecule has 0 fully saturated rings. The van der Waals surface area contributed by atoms with Crippen LogP contribution in [-0.4, -0.2) is 50.5 Å². The van der Waals surface area contributed by atoms with Gasteiger partial charge in [0.2, 0.25) is 5.88 Å². The van der Waals surface area contributed by atoms with E-state index in [1.165, 1.54) is 0 Å². The number of hydrogen-bond donors (Lipinski definition) is 1. The Kier molecular flexibility index (Phi) is 5.88. The van der Waals surface area contributed by atoms with E-state index in [0.717, 1.165) is 41.4 Å². The summed E-state index contributed by atoms with van der Waals surface area (Å²) in [5.74, 6) is 0.666. The number of fused-ring (bicyclic) bond motifs is 1. The molecule has 3 heterocycles. The second-order valence-electron chi connectivity index (χ2n) is 6.31. The van der Waals surface area contributed by atoms with Gasteiger partial charge in [0, 0.05) is 26.9 Å². The molecule has 8 heteroatoms. The molecule has 0 radical (unpaired) electrons. The van der Waals surface area contributed by atoms with Crippen LogP contribution in [0.3, 0.4) is 0 Å². The minimum Gasteiger partial charge on any atom is -0.473 e. The van der Waals surface area contributed by atoms with Crippen molar-refractivity contribution in [2.75, 3.05) is 20.2 Å². The van der Waals surface area contributed by atoms with Gasteiger partial charge < -0.3 is 14.8 Å². The number of imidazole rings is 1. The van der Waals surface area contributed by atoms with Gasteiger partial charge in [-0.15, -0.1) is 0 Å². The monoisotopic (exact) mass is 370 g/mol. The molecule has 1 N–H and O–H groups in total. The Hall–Kier alpha value is -2.71. The molecule has 3 aromatic rings. The Labute approximate surface area is 158 Å². The predicted molar refractivity (Wildman–Crippen MR) is 105 cm³/mol. The molecular formula is C19H26N6O2. The molecule has 0 bridgehead atoms. The highest BCUT2D eigenvalue weighted by Gasteiger charge is 2.22. The van der Waals surface area contributed by atoms with Crippen molar-refractivity contribution in [3.05, 3.63) is 36.6 Å². The lowest BCUT2D eigenvalue weighted by Crippen LogP contribution is -2.29. The van der Waals surface area contributed by atoms with Crippen LogP contribution in [0.4, 0.5) is 0 Å². The Balaban J connectivity index is 2.08. The number of methoxy groups -OCH3 is 1. The van der Waals surface area contributed by atoms with Crippen LogP contribution in [0.15, 0.2) is 25.2 Å². The molecule has 0 aliphatic heterocycles. The largest absolute Gasteiger partial charge is 0.473 e. The lowest BCUT2D eigenvalue weighted by Gasteiger charge is -2.16. The van der Waals surface area contributed by atoms with E-state index < -0.39 is 0 Å². The van der Waals surface area contributed by atoms with Gasteiger partial charge >= 0.3 is 0 Å². The fourth-order valence-electron chi connectivity index (χ4n) is 2.96. The number of hydrogen-bond acceptors (Lipinski definition) is 6. The normalized spacial score (nSPS) is 12.4. The van der Waals surface area contributed by atoms with E-state index in [-0.39, 0.29) is 6.10 Å². The molecule has 0 aliphatic rings. The molecule has 0 saturated heterocycles. The first-order valence-electron chi connectivity index (χ1n) is 8.97. The Morgan fingerprint density at radius 2 is 2.15 bits per heavy atom. The molecule has 0 saturated carbocycles. The molecule has 0 spiro atoms. The van der Waals surface area contributed by atoms with E-state index in [1.807, 2.05) is 24.6 Å². The number of ether oxygens (including phenoxy) is 2. The topological polar surface area (TPSA) is 78.5 Å². The van der Waals surface area contributed by atoms with Crippen molar-refractivity contribution in [1.82, 2.24) is 29.5 Å². The molecule has 0 aromatic carbocycles. The number of aryl methyl sites for hydroxylation is 1. The number of nitrogens with zero attached hydrogens (tertiary/aromatic N) is 5. The average molecular weight is 370 g/mol. The minimum atomic E-state index is -0.0183. The highest BCUT2D eigenvalue weighted by Crippen LogP contribution is 2.33. The van der Waals surface area contributed by atoms with E-state index >= 15 is 0 Å². The van der Waals surface area contributed by atoms with E-state index in [9.17, 15) is 0 Å². The second kappa shape index (κ2) is 8.32. The highest BCUT2D eigenvalue weighted by molar-refractivity contribution is 5.69. The zero-order valence-electron chi connectivity index (χ0n) is 16.3. The van der Waals surface area contributed by atoms with Crippen molar-refractivity contribution >= 4 is 11.7 Å². The van der Waals surface area contributed by atoms with Crippen molar-refractivity contribution < 1.29 is 9.47 Å². The van der Waals surface area contributed by atoms with E-state index in [2.05, 4.69) is 33.9 Å². The van der Waals surface area contributed by atoms with Gasteiger partial charge in [-0.3, -0.25) is 9.38 Å². The number of likely N-dealkylation sites (N-methyl/N-ethyl adjacent to an activating group) is 1. The van der Waals surface area contributed by atoms with Crippen LogP contribution in [0.25, 0.3) is 23.0 Å². The van der Waals surface area contributed by atoms with Crippen molar-refractivity contribution in [2.24, 2.45) is 7.05 Å². The van der Waals surface area contributed by atoms with Gasteiger partial charge in [-0.2, -0.15) is 5.10 Å². The summed E-state index contributed by atoms with van der Waals surface area (Å²) in [6.07, 6.45) is 7.17. The zero-order chi connectivity index (χ0) is 19.4. The Morgan fingerprint density at radius 1 is 1.33 bits per heavy atom. The van der Waals surface area contributed by atoms with Crippen LogP contribution in [-0.2, 0) is 18.4 Å². The third-order valence-corrected chi connectivity index (χ3v) is 4.23. The van der Waals surface area contributed by atoms with Gasteiger partial charge in [0.05, 0.1) is 36.0 Å². The van der Waals surface area contributed by atoms with Gasteiger partial charge in [0.25, 0.3) is 0 Å². The molecule has 0 amide bonds. The van der Waals surface area contributed by atoms with Crippen LogP contribution in [0.1, 0.15) is 25.2 Å². The number of rotatable bonds is 9. The summed E-state index contributed by atoms with van der Waals surface area (Å²) in [6.45, 7) is 9.94. The van der Waals surface area contributed by atoms with Crippen LogP contribution in [0, 0.1) is 0 Å². The molecule has 3 aromatic heterocycles. The fourth-order valence-corrected chi connectivity index (χ4v) is 2.96. The predicted octanol–water partition coefficient (Wildman–Crippen LogP) is 2.30. The van der Waals surface area contributed by atoms with Crippen molar-refractivity contribution in [3.63, 3.8) is 0 Å². The van der Waals surface area contributed by atoms with E-state index in [0.29, 0.717) is 12.5 Å². The standard InChI is InChI=1S/C19H26N6O2/c1-6-14-9-22-17-10-21-15(11-25(14)17)18-16(12-26-5)23-24(4)19(18)27-13(3)8-20-7-2/h6,9-11,13,20H,1,7-8,12H2,2-5H3/t13-/m0/s1. The molecular weight excluding hydrogens is 344 g/mol. The zero-order valence-corrected chi connectivity index (χ0v) is 16.3. The maximum atomic E-state index is 6.21. The van der Waals surface area contributed by atoms with Gasteiger partial charge in [-0.05, 0) is 19.5 Å². The van der Waals surface area contributed by atoms with Crippen molar-refractivity contribution in [3.8, 4) is 17.1 Å². The van der Waals surface area contributed by atoms with Crippen molar-refractivity contribution in [2.45, 2.75) is 26.6 Å². The van der Waals surface area contributed by atoms with Crippen LogP contribution in [0.2, 0.25) is 0 Å². The molecule has 0 aliphatic carbocycles. The fraction of sp³-hybridized carbons (Fsp3) is 0.421. The van der Waals surface area contributed by atoms with Crippen LogP contribution >= 0.6 is 0 Å². The SMILES string of the molecule is C=Cc1cnc2cnc(-c3c(COC)nn(C)c3O[C@@H](C)CNCC)cn12. The lowest BCUT2D eigenvalue weighted by atomic mass is 10.2. The van der Waals surface area contributed by atoms with Gasteiger partial charge in [-0.1, -0.05) is 13.5 Å². The quantitative estimate of drug-likeness (QED) is 0.623. The first-order valence-corrected chi connectivity index (χ1v) is 8.97. The molecule has 27 heavy (non-hydrogen) atoms. The Bertz CT molecular complexity index is 930. The summed E-state index contributed by atoms with van der Waals surface area (Å²) in [5, 5.41) is 7.88. The van der Waals surface area contributed by atoms with Gasteiger partial charge in [0.1, 0.15) is 11.8 Å². The van der Waals surface area contributed by atoms with Crippen LogP contribution < -0.4 is 10.1 Å². The molecule has 0 unspecified atom stereocenters. The van der Waals surface area contributed by atoms with Gasteiger partial charge in [0.15, 0.2) is 5.65 Å². The summed E-state index contributed by atoms with van der Waals surface area (Å²) in [6, 6.07) is 0. The molecule has 1 atom stereocenters. The van der Waals surface area contributed by atoms with Gasteiger partial charge in [-0.25, -0.2) is 9.67 Å². The smallest absolute Gasteiger partial charge is 0.221 e. The molecule has 144 valence electrons.